The van der Waals surface area contributed by atoms with Crippen LogP contribution in [0, 0.1) is 6.92 Å². The zero-order valence-corrected chi connectivity index (χ0v) is 17.6. The number of carbonyl (C=O) groups is 1. The van der Waals surface area contributed by atoms with Crippen molar-refractivity contribution in [1.82, 2.24) is 20.2 Å². The maximum absolute atomic E-state index is 12.7. The zero-order valence-electron chi connectivity index (χ0n) is 16.8. The molecule has 2 aromatic carbocycles. The Balaban J connectivity index is 1.43. The van der Waals surface area contributed by atoms with Crippen molar-refractivity contribution in [2.24, 2.45) is 0 Å². The summed E-state index contributed by atoms with van der Waals surface area (Å²) in [5.74, 6) is 0.185. The van der Waals surface area contributed by atoms with Gasteiger partial charge in [0, 0.05) is 24.6 Å². The van der Waals surface area contributed by atoms with Gasteiger partial charge in [-0.15, -0.1) is 5.10 Å². The first kappa shape index (κ1) is 20.8. The maximum Gasteiger partial charge on any atom is 0.225 e. The van der Waals surface area contributed by atoms with Crippen LogP contribution in [0.4, 0.5) is 5.69 Å². The van der Waals surface area contributed by atoms with E-state index in [2.05, 4.69) is 20.8 Å². The number of aryl methyl sites for hydroxylation is 1. The molecule has 0 saturated carbocycles. The predicted octanol–water partition coefficient (Wildman–Crippen LogP) is 1.93. The lowest BCUT2D eigenvalue weighted by Crippen LogP contribution is -2.18. The Morgan fingerprint density at radius 2 is 1.94 bits per heavy atom. The van der Waals surface area contributed by atoms with Crippen LogP contribution in [0.1, 0.15) is 18.4 Å². The summed E-state index contributed by atoms with van der Waals surface area (Å²) in [6, 6.07) is 9.87. The average molecular weight is 443 g/mol. The molecule has 0 fully saturated rings. The Morgan fingerprint density at radius 1 is 1.13 bits per heavy atom. The molecule has 1 N–H and O–H groups in total. The molecule has 0 spiro atoms. The quantitative estimate of drug-likeness (QED) is 0.613. The van der Waals surface area contributed by atoms with Gasteiger partial charge in [0.25, 0.3) is 0 Å². The van der Waals surface area contributed by atoms with Crippen molar-refractivity contribution >= 4 is 21.4 Å². The zero-order chi connectivity index (χ0) is 21.8. The molecule has 0 radical (unpaired) electrons. The molecule has 0 unspecified atom stereocenters. The number of sulfone groups is 1. The highest BCUT2D eigenvalue weighted by molar-refractivity contribution is 7.91. The van der Waals surface area contributed by atoms with Gasteiger partial charge in [0.1, 0.15) is 6.33 Å². The number of ether oxygens (including phenoxy) is 2. The van der Waals surface area contributed by atoms with Crippen molar-refractivity contribution < 1.29 is 22.7 Å². The monoisotopic (exact) mass is 443 g/mol. The Kier molecular flexibility index (Phi) is 5.85. The Labute approximate surface area is 179 Å². The summed E-state index contributed by atoms with van der Waals surface area (Å²) in [6.07, 6.45) is 1.98. The first-order valence-electron chi connectivity index (χ1n) is 9.69. The number of amides is 1. The first-order valence-corrected chi connectivity index (χ1v) is 11.3. The van der Waals surface area contributed by atoms with E-state index < -0.39 is 15.7 Å². The number of tetrazole rings is 1. The first-order chi connectivity index (χ1) is 14.9. The van der Waals surface area contributed by atoms with Crippen LogP contribution >= 0.6 is 0 Å². The van der Waals surface area contributed by atoms with Crippen molar-refractivity contribution in [3.63, 3.8) is 0 Å². The minimum absolute atomic E-state index is 0.0985. The van der Waals surface area contributed by atoms with Crippen LogP contribution in [0.15, 0.2) is 47.6 Å². The Hall–Kier alpha value is -3.47. The fraction of sp³-hybridized carbons (Fsp3) is 0.300. The second kappa shape index (κ2) is 8.72. The molecule has 3 aromatic rings. The van der Waals surface area contributed by atoms with Crippen LogP contribution < -0.4 is 14.8 Å². The number of hydrogen-bond donors (Lipinski definition) is 1. The molecule has 11 heteroatoms. The second-order valence-electron chi connectivity index (χ2n) is 7.03. The van der Waals surface area contributed by atoms with E-state index >= 15 is 0 Å². The summed E-state index contributed by atoms with van der Waals surface area (Å²) in [5, 5.41) is 13.8. The number of carbonyl (C=O) groups excluding carboxylic acids is 1. The molecule has 1 amide bonds. The number of aromatic nitrogens is 4. The summed E-state index contributed by atoms with van der Waals surface area (Å²) < 4.78 is 38.0. The topological polar surface area (TPSA) is 125 Å². The summed E-state index contributed by atoms with van der Waals surface area (Å²) in [6.45, 7) is 2.82. The maximum atomic E-state index is 12.7. The molecule has 10 nitrogen and oxygen atoms in total. The van der Waals surface area contributed by atoms with Crippen LogP contribution in [0.25, 0.3) is 5.69 Å². The minimum Gasteiger partial charge on any atom is -0.490 e. The third-order valence-corrected chi connectivity index (χ3v) is 6.50. The van der Waals surface area contributed by atoms with Crippen molar-refractivity contribution in [1.29, 1.82) is 0 Å². The standard InChI is InChI=1S/C20H21N5O5S/c1-14-3-4-15(25-13-21-23-24-25)11-17(14)22-20(26)7-10-31(27,28)16-5-6-18-19(12-16)30-9-2-8-29-18/h3-6,11-13H,2,7-10H2,1H3,(H,22,26). The number of nitrogens with one attached hydrogen (secondary N) is 1. The van der Waals surface area contributed by atoms with Crippen LogP contribution in [0.2, 0.25) is 0 Å². The highest BCUT2D eigenvalue weighted by Gasteiger charge is 2.20. The van der Waals surface area contributed by atoms with E-state index in [0.29, 0.717) is 36.1 Å². The van der Waals surface area contributed by atoms with Gasteiger partial charge in [-0.05, 0) is 47.2 Å². The van der Waals surface area contributed by atoms with E-state index in [0.717, 1.165) is 12.0 Å². The van der Waals surface area contributed by atoms with Crippen molar-refractivity contribution in [3.05, 3.63) is 48.3 Å². The van der Waals surface area contributed by atoms with Crippen LogP contribution in [0.3, 0.4) is 0 Å². The van der Waals surface area contributed by atoms with Gasteiger partial charge >= 0.3 is 0 Å². The molecule has 0 saturated heterocycles. The van der Waals surface area contributed by atoms with E-state index in [9.17, 15) is 13.2 Å². The van der Waals surface area contributed by atoms with Gasteiger partial charge in [-0.2, -0.15) is 0 Å². The van der Waals surface area contributed by atoms with Gasteiger partial charge in [0.05, 0.1) is 29.5 Å². The predicted molar refractivity (Wildman–Crippen MR) is 111 cm³/mol. The Bertz CT molecular complexity index is 1190. The summed E-state index contributed by atoms with van der Waals surface area (Å²) in [5.41, 5.74) is 2.06. The van der Waals surface area contributed by atoms with Crippen molar-refractivity contribution in [2.75, 3.05) is 24.3 Å². The van der Waals surface area contributed by atoms with E-state index in [1.54, 1.807) is 12.1 Å². The lowest BCUT2D eigenvalue weighted by molar-refractivity contribution is -0.115. The molecule has 0 bridgehead atoms. The smallest absolute Gasteiger partial charge is 0.225 e. The van der Waals surface area contributed by atoms with E-state index in [1.165, 1.54) is 23.1 Å². The lowest BCUT2D eigenvalue weighted by atomic mass is 10.1. The van der Waals surface area contributed by atoms with E-state index in [-0.39, 0.29) is 17.1 Å². The average Bonchev–Trinajstić information content (AvgIpc) is 3.19. The van der Waals surface area contributed by atoms with Crippen molar-refractivity contribution in [3.8, 4) is 17.2 Å². The number of hydrogen-bond acceptors (Lipinski definition) is 8. The molecule has 162 valence electrons. The third kappa shape index (κ3) is 4.82. The van der Waals surface area contributed by atoms with Gasteiger partial charge in [-0.25, -0.2) is 13.1 Å². The molecular formula is C20H21N5O5S. The molecule has 1 aromatic heterocycles. The van der Waals surface area contributed by atoms with E-state index in [1.807, 2.05) is 19.1 Å². The molecular weight excluding hydrogens is 422 g/mol. The van der Waals surface area contributed by atoms with Gasteiger partial charge in [-0.3, -0.25) is 4.79 Å². The summed E-state index contributed by atoms with van der Waals surface area (Å²) in [4.78, 5) is 12.5. The SMILES string of the molecule is Cc1ccc(-n2cnnn2)cc1NC(=O)CCS(=O)(=O)c1ccc2c(c1)OCCCO2. The third-order valence-electron chi connectivity index (χ3n) is 4.78. The normalized spacial score (nSPS) is 13.5. The van der Waals surface area contributed by atoms with Gasteiger partial charge in [-0.1, -0.05) is 6.07 Å². The van der Waals surface area contributed by atoms with Crippen LogP contribution in [0.5, 0.6) is 11.5 Å². The fourth-order valence-corrected chi connectivity index (χ4v) is 4.31. The number of anilines is 1. The molecule has 0 aliphatic carbocycles. The van der Waals surface area contributed by atoms with Crippen molar-refractivity contribution in [2.45, 2.75) is 24.7 Å². The molecule has 4 rings (SSSR count). The second-order valence-corrected chi connectivity index (χ2v) is 9.14. The summed E-state index contributed by atoms with van der Waals surface area (Å²) in [7, 11) is -3.67. The Morgan fingerprint density at radius 3 is 2.71 bits per heavy atom. The van der Waals surface area contributed by atoms with Gasteiger partial charge in [0.2, 0.25) is 5.91 Å². The fourth-order valence-electron chi connectivity index (χ4n) is 3.06. The lowest BCUT2D eigenvalue weighted by Gasteiger charge is -2.12. The largest absolute Gasteiger partial charge is 0.490 e. The highest BCUT2D eigenvalue weighted by Crippen LogP contribution is 2.32. The van der Waals surface area contributed by atoms with E-state index in [4.69, 9.17) is 9.47 Å². The van der Waals surface area contributed by atoms with Crippen LogP contribution in [-0.2, 0) is 14.6 Å². The molecule has 2 heterocycles. The number of rotatable bonds is 6. The van der Waals surface area contributed by atoms with Gasteiger partial charge < -0.3 is 14.8 Å². The molecule has 0 atom stereocenters. The molecule has 1 aliphatic rings. The van der Waals surface area contributed by atoms with Crippen LogP contribution in [-0.4, -0.2) is 53.5 Å². The number of benzene rings is 2. The molecule has 1 aliphatic heterocycles. The molecule has 31 heavy (non-hydrogen) atoms. The van der Waals surface area contributed by atoms with Gasteiger partial charge in [0.15, 0.2) is 21.3 Å². The summed E-state index contributed by atoms with van der Waals surface area (Å²) >= 11 is 0. The number of fused-ring (bicyclic) bond motifs is 1. The number of nitrogens with zero attached hydrogens (tertiary/aromatic N) is 4. The minimum atomic E-state index is -3.67. The highest BCUT2D eigenvalue weighted by atomic mass is 32.2.